The highest BCUT2D eigenvalue weighted by Gasteiger charge is 1.89. The molecule has 0 saturated heterocycles. The molecular formula is C14H23N. The van der Waals surface area contributed by atoms with Gasteiger partial charge < -0.3 is 5.73 Å². The number of allylic oxidation sites excluding steroid dienone is 1. The number of rotatable bonds is 3. The molecule has 0 atom stereocenters. The minimum atomic E-state index is 0.796. The molecular weight excluding hydrogens is 182 g/mol. The Balaban J connectivity index is 0.000000336. The van der Waals surface area contributed by atoms with Crippen LogP contribution in [0, 0.1) is 0 Å². The monoisotopic (exact) mass is 205 g/mol. The van der Waals surface area contributed by atoms with Crippen LogP contribution in [0.1, 0.15) is 45.6 Å². The summed E-state index contributed by atoms with van der Waals surface area (Å²) in [4.78, 5) is 0. The molecule has 0 unspecified atom stereocenters. The quantitative estimate of drug-likeness (QED) is 0.722. The summed E-state index contributed by atoms with van der Waals surface area (Å²) in [6.45, 7) is 10.2. The van der Waals surface area contributed by atoms with Crippen LogP contribution in [0.2, 0.25) is 0 Å². The van der Waals surface area contributed by atoms with Crippen molar-refractivity contribution in [2.45, 2.75) is 40.0 Å². The van der Waals surface area contributed by atoms with Gasteiger partial charge in [0.25, 0.3) is 0 Å². The van der Waals surface area contributed by atoms with E-state index in [2.05, 4.69) is 20.4 Å². The zero-order valence-corrected chi connectivity index (χ0v) is 10.2. The highest BCUT2D eigenvalue weighted by molar-refractivity contribution is 5.62. The molecule has 0 aliphatic carbocycles. The first-order chi connectivity index (χ1) is 7.11. The van der Waals surface area contributed by atoms with Crippen molar-refractivity contribution in [2.75, 3.05) is 5.73 Å². The molecule has 1 rings (SSSR count). The van der Waals surface area contributed by atoms with Gasteiger partial charge in [-0.15, -0.1) is 0 Å². The minimum absolute atomic E-state index is 0.796. The molecule has 0 saturated carbocycles. The lowest BCUT2D eigenvalue weighted by Gasteiger charge is -1.98. The van der Waals surface area contributed by atoms with Gasteiger partial charge in [-0.2, -0.15) is 0 Å². The Hall–Kier alpha value is -1.24. The van der Waals surface area contributed by atoms with Crippen LogP contribution in [0.4, 0.5) is 5.69 Å². The maximum Gasteiger partial charge on any atom is 0.0314 e. The first-order valence-electron chi connectivity index (χ1n) is 5.63. The van der Waals surface area contributed by atoms with E-state index in [1.165, 1.54) is 19.3 Å². The number of nitrogen functional groups attached to an aromatic ring is 1. The molecule has 0 heterocycles. The Bertz CT molecular complexity index is 270. The summed E-state index contributed by atoms with van der Waals surface area (Å²) >= 11 is 0. The molecule has 84 valence electrons. The van der Waals surface area contributed by atoms with Crippen LogP contribution in [0.3, 0.4) is 0 Å². The van der Waals surface area contributed by atoms with Gasteiger partial charge in [0.15, 0.2) is 0 Å². The van der Waals surface area contributed by atoms with Crippen molar-refractivity contribution in [3.05, 3.63) is 36.4 Å². The number of hydrogen-bond acceptors (Lipinski definition) is 1. The summed E-state index contributed by atoms with van der Waals surface area (Å²) < 4.78 is 0. The third-order valence-electron chi connectivity index (χ3n) is 2.11. The Morgan fingerprint density at radius 3 is 1.87 bits per heavy atom. The van der Waals surface area contributed by atoms with Gasteiger partial charge in [0.1, 0.15) is 0 Å². The van der Waals surface area contributed by atoms with Gasteiger partial charge in [-0.05, 0) is 24.6 Å². The van der Waals surface area contributed by atoms with E-state index in [9.17, 15) is 0 Å². The Labute approximate surface area is 94.0 Å². The maximum absolute atomic E-state index is 5.50. The van der Waals surface area contributed by atoms with E-state index >= 15 is 0 Å². The first-order valence-corrected chi connectivity index (χ1v) is 5.63. The van der Waals surface area contributed by atoms with Gasteiger partial charge in [0.2, 0.25) is 0 Å². The second-order valence-corrected chi connectivity index (χ2v) is 3.76. The van der Waals surface area contributed by atoms with E-state index in [1.54, 1.807) is 0 Å². The van der Waals surface area contributed by atoms with Crippen LogP contribution in [0.25, 0.3) is 5.57 Å². The third-order valence-corrected chi connectivity index (χ3v) is 2.11. The Morgan fingerprint density at radius 1 is 1.13 bits per heavy atom. The molecule has 1 aromatic carbocycles. The van der Waals surface area contributed by atoms with E-state index in [-0.39, 0.29) is 0 Å². The van der Waals surface area contributed by atoms with Crippen molar-refractivity contribution in [3.63, 3.8) is 0 Å². The number of unbranched alkanes of at least 4 members (excludes halogenated alkanes) is 2. The molecule has 0 spiro atoms. The fraction of sp³-hybridized carbons (Fsp3) is 0.429. The lowest BCUT2D eigenvalue weighted by atomic mass is 10.1. The molecule has 0 aromatic heterocycles. The van der Waals surface area contributed by atoms with Gasteiger partial charge in [0.05, 0.1) is 0 Å². The van der Waals surface area contributed by atoms with E-state index in [1.807, 2.05) is 31.2 Å². The predicted molar refractivity (Wildman–Crippen MR) is 70.8 cm³/mol. The number of nitrogens with two attached hydrogens (primary N) is 1. The minimum Gasteiger partial charge on any atom is -0.399 e. The number of anilines is 1. The fourth-order valence-electron chi connectivity index (χ4n) is 1.12. The van der Waals surface area contributed by atoms with E-state index in [0.717, 1.165) is 16.8 Å². The van der Waals surface area contributed by atoms with Crippen molar-refractivity contribution >= 4 is 11.3 Å². The summed E-state index contributed by atoms with van der Waals surface area (Å²) in [6, 6.07) is 7.70. The highest BCUT2D eigenvalue weighted by Crippen LogP contribution is 2.12. The predicted octanol–water partition coefficient (Wildman–Crippen LogP) is 4.50. The second kappa shape index (κ2) is 8.10. The van der Waals surface area contributed by atoms with E-state index < -0.39 is 0 Å². The van der Waals surface area contributed by atoms with Crippen LogP contribution < -0.4 is 5.73 Å². The largest absolute Gasteiger partial charge is 0.399 e. The summed E-state index contributed by atoms with van der Waals surface area (Å²) in [5, 5.41) is 0. The van der Waals surface area contributed by atoms with Gasteiger partial charge in [-0.25, -0.2) is 0 Å². The molecule has 2 N–H and O–H groups in total. The topological polar surface area (TPSA) is 26.0 Å². The summed E-state index contributed by atoms with van der Waals surface area (Å²) in [5.41, 5.74) is 8.51. The van der Waals surface area contributed by atoms with Crippen LogP contribution in [-0.4, -0.2) is 0 Å². The summed E-state index contributed by atoms with van der Waals surface area (Å²) in [7, 11) is 0. The molecule has 0 amide bonds. The molecule has 1 heteroatoms. The molecule has 0 radical (unpaired) electrons. The Kier molecular flexibility index (Phi) is 7.43. The molecule has 0 aliphatic heterocycles. The van der Waals surface area contributed by atoms with Gasteiger partial charge in [0, 0.05) is 5.69 Å². The van der Waals surface area contributed by atoms with Gasteiger partial charge >= 0.3 is 0 Å². The van der Waals surface area contributed by atoms with E-state index in [0.29, 0.717) is 0 Å². The standard InChI is InChI=1S/C9H11N.C5H12/c1-7(2)8-3-5-9(10)6-4-8;1-3-5-4-2/h3-6H,1,10H2,2H3;3-5H2,1-2H3. The fourth-order valence-corrected chi connectivity index (χ4v) is 1.12. The normalized spacial score (nSPS) is 9.00. The second-order valence-electron chi connectivity index (χ2n) is 3.76. The molecule has 0 aliphatic rings. The molecule has 1 nitrogen and oxygen atoms in total. The van der Waals surface area contributed by atoms with E-state index in [4.69, 9.17) is 5.73 Å². The molecule has 1 aromatic rings. The van der Waals surface area contributed by atoms with Gasteiger partial charge in [-0.1, -0.05) is 57.4 Å². The third kappa shape index (κ3) is 6.78. The van der Waals surface area contributed by atoms with Crippen LogP contribution in [-0.2, 0) is 0 Å². The first kappa shape index (κ1) is 13.8. The number of benzene rings is 1. The average Bonchev–Trinajstić information content (AvgIpc) is 2.20. The van der Waals surface area contributed by atoms with Crippen molar-refractivity contribution in [1.82, 2.24) is 0 Å². The average molecular weight is 205 g/mol. The smallest absolute Gasteiger partial charge is 0.0314 e. The SMILES string of the molecule is C=C(C)c1ccc(N)cc1.CCCCC. The lowest BCUT2D eigenvalue weighted by molar-refractivity contribution is 0.772. The van der Waals surface area contributed by atoms with Crippen molar-refractivity contribution in [3.8, 4) is 0 Å². The van der Waals surface area contributed by atoms with Crippen LogP contribution in [0.5, 0.6) is 0 Å². The zero-order valence-electron chi connectivity index (χ0n) is 10.2. The number of hydrogen-bond donors (Lipinski definition) is 1. The van der Waals surface area contributed by atoms with Gasteiger partial charge in [-0.3, -0.25) is 0 Å². The maximum atomic E-state index is 5.50. The summed E-state index contributed by atoms with van der Waals surface area (Å²) in [5.74, 6) is 0. The van der Waals surface area contributed by atoms with Crippen molar-refractivity contribution in [1.29, 1.82) is 0 Å². The van der Waals surface area contributed by atoms with Crippen molar-refractivity contribution in [2.24, 2.45) is 0 Å². The van der Waals surface area contributed by atoms with Crippen molar-refractivity contribution < 1.29 is 0 Å². The zero-order chi connectivity index (χ0) is 11.7. The Morgan fingerprint density at radius 2 is 1.60 bits per heavy atom. The highest BCUT2D eigenvalue weighted by atomic mass is 14.5. The summed E-state index contributed by atoms with van der Waals surface area (Å²) in [6.07, 6.45) is 4.08. The van der Waals surface area contributed by atoms with Crippen LogP contribution in [0.15, 0.2) is 30.8 Å². The van der Waals surface area contributed by atoms with Crippen LogP contribution >= 0.6 is 0 Å². The molecule has 15 heavy (non-hydrogen) atoms. The lowest BCUT2D eigenvalue weighted by Crippen LogP contribution is -1.83. The molecule has 0 fully saturated rings. The molecule has 0 bridgehead atoms.